The first-order chi connectivity index (χ1) is 20.4. The van der Waals surface area contributed by atoms with Crippen LogP contribution in [0.5, 0.6) is 11.6 Å². The average Bonchev–Trinajstić information content (AvgIpc) is 3.36. The Bertz CT molecular complexity index is 1390. The summed E-state index contributed by atoms with van der Waals surface area (Å²) in [5.74, 6) is -0.305. The molecule has 6 rings (SSSR count). The number of halogens is 1. The number of carbonyl (C=O) groups is 2. The van der Waals surface area contributed by atoms with Crippen molar-refractivity contribution in [2.45, 2.75) is 50.4 Å². The molecule has 1 atom stereocenters. The van der Waals surface area contributed by atoms with Crippen LogP contribution in [-0.4, -0.2) is 81.7 Å². The maximum atomic E-state index is 14.2. The third-order valence-electron chi connectivity index (χ3n) is 8.52. The van der Waals surface area contributed by atoms with Gasteiger partial charge in [-0.05, 0) is 73.2 Å². The van der Waals surface area contributed by atoms with Crippen molar-refractivity contribution in [3.05, 3.63) is 89.4 Å². The predicted molar refractivity (Wildman–Crippen MR) is 153 cm³/mol. The fourth-order valence-corrected chi connectivity index (χ4v) is 6.29. The number of carboxylic acids is 1. The standard InChI is InChI=1S/C32H35FN4O5/c33-25-3-1-2-24(18-25)29-21-36(26-12-16-41-17-13-26)32(40)37(29)27-10-14-35(15-11-27)20-22-4-9-30(34-19-22)42-28-7-5-23(6-8-28)31(38)39/h1-9,18-19,26-27,29H,10-17,20-21H2,(H,38,39). The maximum absolute atomic E-state index is 14.2. The lowest BCUT2D eigenvalue weighted by Gasteiger charge is -2.39. The molecule has 4 heterocycles. The number of amides is 2. The Kier molecular flexibility index (Phi) is 8.34. The van der Waals surface area contributed by atoms with Crippen LogP contribution in [0.1, 0.15) is 53.2 Å². The van der Waals surface area contributed by atoms with E-state index in [0.29, 0.717) is 31.4 Å². The molecule has 3 saturated heterocycles. The molecule has 0 bridgehead atoms. The van der Waals surface area contributed by atoms with Crippen LogP contribution < -0.4 is 4.74 Å². The Labute approximate surface area is 244 Å². The molecule has 9 nitrogen and oxygen atoms in total. The molecule has 0 saturated carbocycles. The maximum Gasteiger partial charge on any atom is 0.335 e. The highest BCUT2D eigenvalue weighted by molar-refractivity contribution is 5.87. The number of nitrogens with zero attached hydrogens (tertiary/aromatic N) is 4. The summed E-state index contributed by atoms with van der Waals surface area (Å²) < 4.78 is 25.5. The van der Waals surface area contributed by atoms with Gasteiger partial charge in [0.25, 0.3) is 0 Å². The molecule has 1 aromatic heterocycles. The summed E-state index contributed by atoms with van der Waals surface area (Å²) in [6, 6.07) is 16.8. The third-order valence-corrected chi connectivity index (χ3v) is 8.52. The third kappa shape index (κ3) is 6.24. The molecule has 0 spiro atoms. The number of piperidine rings is 1. The number of ether oxygens (including phenoxy) is 2. The number of hydrogen-bond acceptors (Lipinski definition) is 6. The van der Waals surface area contributed by atoms with Crippen molar-refractivity contribution in [1.29, 1.82) is 0 Å². The summed E-state index contributed by atoms with van der Waals surface area (Å²) in [6.07, 6.45) is 5.16. The quantitative estimate of drug-likeness (QED) is 0.388. The minimum Gasteiger partial charge on any atom is -0.478 e. The van der Waals surface area contributed by atoms with Crippen molar-refractivity contribution in [3.63, 3.8) is 0 Å². The van der Waals surface area contributed by atoms with Gasteiger partial charge >= 0.3 is 12.0 Å². The van der Waals surface area contributed by atoms with Crippen molar-refractivity contribution in [2.75, 3.05) is 32.8 Å². The van der Waals surface area contributed by atoms with Gasteiger partial charge in [0, 0.05) is 63.7 Å². The first-order valence-electron chi connectivity index (χ1n) is 14.6. The van der Waals surface area contributed by atoms with Gasteiger partial charge in [-0.3, -0.25) is 4.90 Å². The second kappa shape index (κ2) is 12.5. The number of carboxylic acid groups (broad SMARTS) is 1. The molecule has 2 amide bonds. The van der Waals surface area contributed by atoms with Crippen LogP contribution >= 0.6 is 0 Å². The monoisotopic (exact) mass is 574 g/mol. The van der Waals surface area contributed by atoms with Crippen LogP contribution in [0.4, 0.5) is 9.18 Å². The lowest BCUT2D eigenvalue weighted by molar-refractivity contribution is 0.0493. The molecule has 220 valence electrons. The lowest BCUT2D eigenvalue weighted by Crippen LogP contribution is -2.48. The van der Waals surface area contributed by atoms with Gasteiger partial charge in [-0.15, -0.1) is 0 Å². The number of pyridine rings is 1. The van der Waals surface area contributed by atoms with Gasteiger partial charge in [-0.2, -0.15) is 0 Å². The van der Waals surface area contributed by atoms with E-state index in [-0.39, 0.29) is 35.5 Å². The molecule has 0 radical (unpaired) electrons. The number of carbonyl (C=O) groups excluding carboxylic acids is 1. The van der Waals surface area contributed by atoms with E-state index in [1.807, 2.05) is 28.0 Å². The summed E-state index contributed by atoms with van der Waals surface area (Å²) in [4.78, 5) is 35.7. The van der Waals surface area contributed by atoms with E-state index in [1.165, 1.54) is 18.2 Å². The van der Waals surface area contributed by atoms with E-state index in [1.54, 1.807) is 30.5 Å². The lowest BCUT2D eigenvalue weighted by atomic mass is 9.98. The zero-order chi connectivity index (χ0) is 29.1. The van der Waals surface area contributed by atoms with Gasteiger partial charge < -0.3 is 24.4 Å². The molecular weight excluding hydrogens is 539 g/mol. The Morgan fingerprint density at radius 2 is 1.76 bits per heavy atom. The molecule has 3 aliphatic rings. The van der Waals surface area contributed by atoms with Crippen LogP contribution in [0, 0.1) is 5.82 Å². The highest BCUT2D eigenvalue weighted by Gasteiger charge is 2.45. The zero-order valence-electron chi connectivity index (χ0n) is 23.4. The number of hydrogen-bond donors (Lipinski definition) is 1. The number of aromatic nitrogens is 1. The van der Waals surface area contributed by atoms with Crippen LogP contribution in [-0.2, 0) is 11.3 Å². The SMILES string of the molecule is O=C(O)c1ccc(Oc2ccc(CN3CCC(N4C(=O)N(C5CCOCC5)CC4c4cccc(F)c4)CC3)cn2)cc1. The summed E-state index contributed by atoms with van der Waals surface area (Å²) in [5.41, 5.74) is 2.11. The Balaban J connectivity index is 1.07. The van der Waals surface area contributed by atoms with E-state index < -0.39 is 5.97 Å². The fraction of sp³-hybridized carbons (Fsp3) is 0.406. The molecule has 0 aliphatic carbocycles. The van der Waals surface area contributed by atoms with Crippen molar-refractivity contribution in [2.24, 2.45) is 0 Å². The number of benzene rings is 2. The summed E-state index contributed by atoms with van der Waals surface area (Å²) in [6.45, 7) is 4.34. The Morgan fingerprint density at radius 3 is 2.43 bits per heavy atom. The van der Waals surface area contributed by atoms with Crippen molar-refractivity contribution in [1.82, 2.24) is 19.7 Å². The molecule has 10 heteroatoms. The number of aromatic carboxylic acids is 1. The molecule has 3 aromatic rings. The topological polar surface area (TPSA) is 95.4 Å². The summed E-state index contributed by atoms with van der Waals surface area (Å²) in [7, 11) is 0. The second-order valence-corrected chi connectivity index (χ2v) is 11.2. The summed E-state index contributed by atoms with van der Waals surface area (Å²) >= 11 is 0. The minimum atomic E-state index is -0.983. The van der Waals surface area contributed by atoms with E-state index in [2.05, 4.69) is 9.88 Å². The summed E-state index contributed by atoms with van der Waals surface area (Å²) in [5, 5.41) is 9.05. The number of rotatable bonds is 8. The van der Waals surface area contributed by atoms with Crippen molar-refractivity contribution >= 4 is 12.0 Å². The van der Waals surface area contributed by atoms with E-state index in [0.717, 1.165) is 56.4 Å². The van der Waals surface area contributed by atoms with Crippen LogP contribution in [0.2, 0.25) is 0 Å². The molecule has 42 heavy (non-hydrogen) atoms. The molecule has 3 fully saturated rings. The smallest absolute Gasteiger partial charge is 0.335 e. The van der Waals surface area contributed by atoms with Gasteiger partial charge in [0.05, 0.1) is 11.6 Å². The van der Waals surface area contributed by atoms with E-state index in [4.69, 9.17) is 14.6 Å². The van der Waals surface area contributed by atoms with E-state index >= 15 is 0 Å². The first kappa shape index (κ1) is 28.1. The van der Waals surface area contributed by atoms with Crippen LogP contribution in [0.3, 0.4) is 0 Å². The van der Waals surface area contributed by atoms with E-state index in [9.17, 15) is 14.0 Å². The molecule has 1 N–H and O–H groups in total. The van der Waals surface area contributed by atoms with Gasteiger partial charge in [0.2, 0.25) is 5.88 Å². The van der Waals surface area contributed by atoms with Gasteiger partial charge in [-0.25, -0.2) is 19.0 Å². The van der Waals surface area contributed by atoms with Gasteiger partial charge in [0.1, 0.15) is 11.6 Å². The second-order valence-electron chi connectivity index (χ2n) is 11.2. The Morgan fingerprint density at radius 1 is 1.00 bits per heavy atom. The van der Waals surface area contributed by atoms with Gasteiger partial charge in [0.15, 0.2) is 0 Å². The Hall–Kier alpha value is -4.02. The molecule has 2 aromatic carbocycles. The minimum absolute atomic E-state index is 0.0620. The number of urea groups is 1. The molecule has 3 aliphatic heterocycles. The highest BCUT2D eigenvalue weighted by Crippen LogP contribution is 2.37. The van der Waals surface area contributed by atoms with Crippen molar-refractivity contribution < 1.29 is 28.6 Å². The largest absolute Gasteiger partial charge is 0.478 e. The normalized spacial score (nSPS) is 20.7. The van der Waals surface area contributed by atoms with Crippen LogP contribution in [0.25, 0.3) is 0 Å². The molecular formula is C32H35FN4O5. The van der Waals surface area contributed by atoms with Gasteiger partial charge in [-0.1, -0.05) is 18.2 Å². The average molecular weight is 575 g/mol. The first-order valence-corrected chi connectivity index (χ1v) is 14.6. The zero-order valence-corrected chi connectivity index (χ0v) is 23.4. The molecule has 1 unspecified atom stereocenters. The number of likely N-dealkylation sites (tertiary alicyclic amines) is 1. The van der Waals surface area contributed by atoms with Crippen molar-refractivity contribution in [3.8, 4) is 11.6 Å². The fourth-order valence-electron chi connectivity index (χ4n) is 6.29. The van der Waals surface area contributed by atoms with Crippen LogP contribution in [0.15, 0.2) is 66.9 Å². The highest BCUT2D eigenvalue weighted by atomic mass is 19.1. The predicted octanol–water partition coefficient (Wildman–Crippen LogP) is 5.33.